The standard InChI is InChI=1S/C18H20Cl2N2O2/c1-13(18(23)21-17-9-8-14(19)12-16(17)20)22(2)10-11-24-15-6-4-3-5-7-15/h3-9,12-13H,10-11H2,1-2H3,(H,21,23)/t13-/m1/s1. The van der Waals surface area contributed by atoms with E-state index in [0.717, 1.165) is 5.75 Å². The number of benzene rings is 2. The molecule has 1 atom stereocenters. The maximum atomic E-state index is 12.3. The number of likely N-dealkylation sites (N-methyl/N-ethyl adjacent to an activating group) is 1. The molecule has 128 valence electrons. The van der Waals surface area contributed by atoms with Crippen LogP contribution in [0.2, 0.25) is 10.0 Å². The van der Waals surface area contributed by atoms with Crippen molar-refractivity contribution in [3.63, 3.8) is 0 Å². The fourth-order valence-electron chi connectivity index (χ4n) is 2.05. The lowest BCUT2D eigenvalue weighted by Gasteiger charge is -2.24. The van der Waals surface area contributed by atoms with E-state index in [0.29, 0.717) is 28.9 Å². The summed E-state index contributed by atoms with van der Waals surface area (Å²) in [7, 11) is 1.88. The SMILES string of the molecule is C[C@H](C(=O)Nc1ccc(Cl)cc1Cl)N(C)CCOc1ccccc1. The van der Waals surface area contributed by atoms with Crippen molar-refractivity contribution in [1.29, 1.82) is 0 Å². The summed E-state index contributed by atoms with van der Waals surface area (Å²) in [5, 5.41) is 3.76. The molecule has 0 aromatic heterocycles. The van der Waals surface area contributed by atoms with Crippen LogP contribution in [0.3, 0.4) is 0 Å². The third-order valence-electron chi connectivity index (χ3n) is 3.69. The van der Waals surface area contributed by atoms with Crippen molar-refractivity contribution in [1.82, 2.24) is 4.90 Å². The Morgan fingerprint density at radius 1 is 1.21 bits per heavy atom. The van der Waals surface area contributed by atoms with Crippen LogP contribution in [0.15, 0.2) is 48.5 Å². The molecular formula is C18H20Cl2N2O2. The first-order valence-corrected chi connectivity index (χ1v) is 8.37. The highest BCUT2D eigenvalue weighted by molar-refractivity contribution is 6.36. The van der Waals surface area contributed by atoms with Gasteiger partial charge in [0.25, 0.3) is 0 Å². The van der Waals surface area contributed by atoms with Crippen molar-refractivity contribution in [2.75, 3.05) is 25.5 Å². The molecule has 24 heavy (non-hydrogen) atoms. The first kappa shape index (κ1) is 18.6. The van der Waals surface area contributed by atoms with Gasteiger partial charge in [-0.15, -0.1) is 0 Å². The van der Waals surface area contributed by atoms with E-state index >= 15 is 0 Å². The summed E-state index contributed by atoms with van der Waals surface area (Å²) in [5.74, 6) is 0.678. The molecule has 6 heteroatoms. The zero-order valence-electron chi connectivity index (χ0n) is 13.6. The number of hydrogen-bond donors (Lipinski definition) is 1. The minimum absolute atomic E-state index is 0.138. The van der Waals surface area contributed by atoms with Crippen LogP contribution in [-0.2, 0) is 4.79 Å². The Kier molecular flexibility index (Phi) is 6.91. The summed E-state index contributed by atoms with van der Waals surface area (Å²) < 4.78 is 5.65. The third-order valence-corrected chi connectivity index (χ3v) is 4.23. The van der Waals surface area contributed by atoms with E-state index in [4.69, 9.17) is 27.9 Å². The number of halogens is 2. The lowest BCUT2D eigenvalue weighted by molar-refractivity contribution is -0.120. The Hall–Kier alpha value is -1.75. The topological polar surface area (TPSA) is 41.6 Å². The van der Waals surface area contributed by atoms with Crippen molar-refractivity contribution in [3.8, 4) is 5.75 Å². The van der Waals surface area contributed by atoms with Crippen molar-refractivity contribution in [3.05, 3.63) is 58.6 Å². The van der Waals surface area contributed by atoms with Crippen LogP contribution >= 0.6 is 23.2 Å². The second-order valence-corrected chi connectivity index (χ2v) is 6.28. The summed E-state index contributed by atoms with van der Waals surface area (Å²) in [6.45, 7) is 2.96. The van der Waals surface area contributed by atoms with E-state index < -0.39 is 0 Å². The number of rotatable bonds is 7. The van der Waals surface area contributed by atoms with E-state index in [2.05, 4.69) is 5.32 Å². The van der Waals surface area contributed by atoms with Crippen molar-refractivity contribution >= 4 is 34.8 Å². The van der Waals surface area contributed by atoms with Crippen molar-refractivity contribution in [2.45, 2.75) is 13.0 Å². The fraction of sp³-hybridized carbons (Fsp3) is 0.278. The van der Waals surface area contributed by atoms with Crippen LogP contribution in [0.5, 0.6) is 5.75 Å². The Bertz CT molecular complexity index is 680. The van der Waals surface area contributed by atoms with Gasteiger partial charge < -0.3 is 10.1 Å². The van der Waals surface area contributed by atoms with Gasteiger partial charge in [0.05, 0.1) is 16.8 Å². The van der Waals surface area contributed by atoms with Gasteiger partial charge in [-0.1, -0.05) is 41.4 Å². The molecular weight excluding hydrogens is 347 g/mol. The van der Waals surface area contributed by atoms with Gasteiger partial charge in [0.15, 0.2) is 0 Å². The smallest absolute Gasteiger partial charge is 0.241 e. The molecule has 0 aliphatic rings. The molecule has 1 amide bonds. The summed E-state index contributed by atoms with van der Waals surface area (Å²) >= 11 is 11.9. The maximum Gasteiger partial charge on any atom is 0.241 e. The normalized spacial score (nSPS) is 12.0. The molecule has 1 N–H and O–H groups in total. The summed E-state index contributed by atoms with van der Waals surface area (Å²) in [4.78, 5) is 14.3. The second kappa shape index (κ2) is 8.92. The fourth-order valence-corrected chi connectivity index (χ4v) is 2.50. The van der Waals surface area contributed by atoms with Gasteiger partial charge in [0, 0.05) is 11.6 Å². The molecule has 0 bridgehead atoms. The second-order valence-electron chi connectivity index (χ2n) is 5.43. The minimum Gasteiger partial charge on any atom is -0.492 e. The van der Waals surface area contributed by atoms with Crippen LogP contribution in [0.4, 0.5) is 5.69 Å². The first-order chi connectivity index (χ1) is 11.5. The maximum absolute atomic E-state index is 12.3. The third kappa shape index (κ3) is 5.41. The molecule has 0 saturated carbocycles. The number of carbonyl (C=O) groups is 1. The highest BCUT2D eigenvalue weighted by atomic mass is 35.5. The summed E-state index contributed by atoms with van der Waals surface area (Å²) in [6.07, 6.45) is 0. The van der Waals surface area contributed by atoms with Crippen LogP contribution in [0.25, 0.3) is 0 Å². The van der Waals surface area contributed by atoms with E-state index in [1.165, 1.54) is 0 Å². The number of carbonyl (C=O) groups excluding carboxylic acids is 1. The molecule has 0 radical (unpaired) electrons. The lowest BCUT2D eigenvalue weighted by atomic mass is 10.2. The summed E-state index contributed by atoms with van der Waals surface area (Å²) in [6, 6.07) is 14.2. The largest absolute Gasteiger partial charge is 0.492 e. The molecule has 0 saturated heterocycles. The number of nitrogens with zero attached hydrogens (tertiary/aromatic N) is 1. The number of para-hydroxylation sites is 1. The predicted octanol–water partition coefficient (Wildman–Crippen LogP) is 4.33. The Balaban J connectivity index is 1.83. The lowest BCUT2D eigenvalue weighted by Crippen LogP contribution is -2.41. The quantitative estimate of drug-likeness (QED) is 0.792. The molecule has 0 aliphatic heterocycles. The monoisotopic (exact) mass is 366 g/mol. The number of ether oxygens (including phenoxy) is 1. The molecule has 4 nitrogen and oxygen atoms in total. The van der Waals surface area contributed by atoms with Crippen LogP contribution in [-0.4, -0.2) is 37.0 Å². The van der Waals surface area contributed by atoms with E-state index in [1.54, 1.807) is 18.2 Å². The zero-order chi connectivity index (χ0) is 17.5. The van der Waals surface area contributed by atoms with Crippen LogP contribution in [0, 0.1) is 0 Å². The highest BCUT2D eigenvalue weighted by Gasteiger charge is 2.18. The van der Waals surface area contributed by atoms with Gasteiger partial charge in [0.2, 0.25) is 5.91 Å². The molecule has 0 aliphatic carbocycles. The highest BCUT2D eigenvalue weighted by Crippen LogP contribution is 2.25. The Morgan fingerprint density at radius 3 is 2.58 bits per heavy atom. The van der Waals surface area contributed by atoms with E-state index in [-0.39, 0.29) is 11.9 Å². The van der Waals surface area contributed by atoms with Gasteiger partial charge in [0.1, 0.15) is 12.4 Å². The molecule has 0 heterocycles. The first-order valence-electron chi connectivity index (χ1n) is 7.61. The van der Waals surface area contributed by atoms with Gasteiger partial charge in [-0.05, 0) is 44.3 Å². The van der Waals surface area contributed by atoms with Crippen molar-refractivity contribution in [2.24, 2.45) is 0 Å². The van der Waals surface area contributed by atoms with Crippen LogP contribution < -0.4 is 10.1 Å². The molecule has 0 fully saturated rings. The number of nitrogens with one attached hydrogen (secondary N) is 1. The van der Waals surface area contributed by atoms with Gasteiger partial charge in [-0.2, -0.15) is 0 Å². The van der Waals surface area contributed by atoms with Gasteiger partial charge in [-0.25, -0.2) is 0 Å². The molecule has 0 unspecified atom stereocenters. The Labute approximate surface area is 152 Å². The average Bonchev–Trinajstić information content (AvgIpc) is 2.57. The molecule has 2 rings (SSSR count). The molecule has 2 aromatic carbocycles. The molecule has 0 spiro atoms. The van der Waals surface area contributed by atoms with E-state index in [1.807, 2.05) is 49.2 Å². The number of hydrogen-bond acceptors (Lipinski definition) is 3. The van der Waals surface area contributed by atoms with Crippen molar-refractivity contribution < 1.29 is 9.53 Å². The van der Waals surface area contributed by atoms with E-state index in [9.17, 15) is 4.79 Å². The average molecular weight is 367 g/mol. The summed E-state index contributed by atoms with van der Waals surface area (Å²) in [5.41, 5.74) is 0.548. The number of anilines is 1. The predicted molar refractivity (Wildman–Crippen MR) is 99.1 cm³/mol. The Morgan fingerprint density at radius 2 is 1.92 bits per heavy atom. The molecule has 2 aromatic rings. The number of amides is 1. The van der Waals surface area contributed by atoms with Crippen LogP contribution in [0.1, 0.15) is 6.92 Å². The minimum atomic E-state index is -0.323. The van der Waals surface area contributed by atoms with Gasteiger partial charge >= 0.3 is 0 Å². The zero-order valence-corrected chi connectivity index (χ0v) is 15.1. The van der Waals surface area contributed by atoms with Gasteiger partial charge in [-0.3, -0.25) is 9.69 Å².